The quantitative estimate of drug-likeness (QED) is 0.694. The molecular weight excluding hydrogens is 260 g/mol. The molecule has 0 radical (unpaired) electrons. The highest BCUT2D eigenvalue weighted by atomic mass is 16.3. The topological polar surface area (TPSA) is 90.9 Å². The van der Waals surface area contributed by atoms with Crippen molar-refractivity contribution in [2.24, 2.45) is 0 Å². The third-order valence-electron chi connectivity index (χ3n) is 2.49. The van der Waals surface area contributed by atoms with Gasteiger partial charge < -0.3 is 19.7 Å². The van der Waals surface area contributed by atoms with Gasteiger partial charge in [0.05, 0.1) is 6.26 Å². The van der Waals surface area contributed by atoms with Crippen LogP contribution in [0.15, 0.2) is 64.0 Å². The van der Waals surface area contributed by atoms with E-state index in [4.69, 9.17) is 4.42 Å². The van der Waals surface area contributed by atoms with Crippen LogP contribution in [0.1, 0.15) is 0 Å². The van der Waals surface area contributed by atoms with Gasteiger partial charge in [-0.15, -0.1) is 0 Å². The molecule has 102 valence electrons. The van der Waals surface area contributed by atoms with E-state index in [2.05, 4.69) is 0 Å². The minimum Gasteiger partial charge on any atom is -0.508 e. The molecule has 0 saturated carbocycles. The van der Waals surface area contributed by atoms with E-state index >= 15 is 0 Å². The summed E-state index contributed by atoms with van der Waals surface area (Å²) in [6, 6.07) is 10.6. The van der Waals surface area contributed by atoms with Gasteiger partial charge in [0.15, 0.2) is 16.9 Å². The van der Waals surface area contributed by atoms with Crippen LogP contribution in [0.3, 0.4) is 0 Å². The molecule has 5 nitrogen and oxygen atoms in total. The molecule has 2 aromatic rings. The van der Waals surface area contributed by atoms with Crippen LogP contribution in [0.2, 0.25) is 0 Å². The van der Waals surface area contributed by atoms with Crippen LogP contribution in [0.4, 0.5) is 0 Å². The molecule has 0 aliphatic carbocycles. The van der Waals surface area contributed by atoms with Crippen molar-refractivity contribution in [2.75, 3.05) is 0 Å². The van der Waals surface area contributed by atoms with Crippen molar-refractivity contribution < 1.29 is 19.7 Å². The molecule has 5 heteroatoms. The summed E-state index contributed by atoms with van der Waals surface area (Å²) in [6.07, 6.45) is 1.29. The predicted molar refractivity (Wildman–Crippen MR) is 73.0 cm³/mol. The highest BCUT2D eigenvalue weighted by molar-refractivity contribution is 5.61. The fraction of sp³-hybridized carbons (Fsp3) is 0. The summed E-state index contributed by atoms with van der Waals surface area (Å²) in [5.41, 5.74) is 0.0447. The van der Waals surface area contributed by atoms with Crippen molar-refractivity contribution in [3.63, 3.8) is 0 Å². The first-order valence-electron chi connectivity index (χ1n) is 5.75. The Balaban J connectivity index is 2.64. The lowest BCUT2D eigenvalue weighted by Gasteiger charge is -2.01. The van der Waals surface area contributed by atoms with Crippen LogP contribution in [0, 0.1) is 0 Å². The number of phenolic OH excluding ortho intramolecular Hbond substituents is 2. The molecular formula is C15H12O5. The molecule has 0 saturated heterocycles. The fourth-order valence-corrected chi connectivity index (χ4v) is 1.51. The largest absolute Gasteiger partial charge is 0.508 e. The van der Waals surface area contributed by atoms with Crippen molar-refractivity contribution in [3.05, 3.63) is 65.0 Å². The van der Waals surface area contributed by atoms with E-state index in [1.165, 1.54) is 54.8 Å². The molecule has 0 fully saturated rings. The zero-order chi connectivity index (χ0) is 14.5. The summed E-state index contributed by atoms with van der Waals surface area (Å²) in [6.45, 7) is 0. The van der Waals surface area contributed by atoms with E-state index < -0.39 is 0 Å². The average molecular weight is 272 g/mol. The summed E-state index contributed by atoms with van der Waals surface area (Å²) in [4.78, 5) is 11.7. The molecule has 0 bridgehead atoms. The van der Waals surface area contributed by atoms with E-state index in [0.29, 0.717) is 5.56 Å². The average Bonchev–Trinajstić information content (AvgIpc) is 2.43. The van der Waals surface area contributed by atoms with E-state index in [-0.39, 0.29) is 28.4 Å². The number of hydrogen-bond donors (Lipinski definition) is 3. The Morgan fingerprint density at radius 3 is 2.40 bits per heavy atom. The Morgan fingerprint density at radius 1 is 0.850 bits per heavy atom. The van der Waals surface area contributed by atoms with Crippen LogP contribution in [-0.4, -0.2) is 15.3 Å². The van der Waals surface area contributed by atoms with Crippen LogP contribution in [0.25, 0.3) is 11.3 Å². The standard InChI is InChI=1S/C15H12O5/c16-11-2-1-7-20-15(9-12(17)5-4-11)10-3-6-13(18)14(19)8-10/h1-9,16,18-19H. The SMILES string of the molecule is O=c1ccc(O)cccoc(-c2ccc(O)c(O)c2)c1. The van der Waals surface area contributed by atoms with Crippen molar-refractivity contribution in [3.8, 4) is 28.6 Å². The first-order valence-corrected chi connectivity index (χ1v) is 5.75. The second kappa shape index (κ2) is 5.79. The van der Waals surface area contributed by atoms with E-state index in [1.807, 2.05) is 0 Å². The van der Waals surface area contributed by atoms with Crippen molar-refractivity contribution in [1.29, 1.82) is 0 Å². The molecule has 0 aliphatic heterocycles. The van der Waals surface area contributed by atoms with Crippen molar-refractivity contribution in [2.45, 2.75) is 0 Å². The summed E-state index contributed by atoms with van der Waals surface area (Å²) in [5, 5.41) is 28.1. The third kappa shape index (κ3) is 3.29. The highest BCUT2D eigenvalue weighted by Gasteiger charge is 2.04. The van der Waals surface area contributed by atoms with Gasteiger partial charge in [-0.05, 0) is 42.5 Å². The van der Waals surface area contributed by atoms with E-state index in [9.17, 15) is 20.1 Å². The molecule has 1 heterocycles. The number of rotatable bonds is 1. The van der Waals surface area contributed by atoms with Crippen LogP contribution in [0.5, 0.6) is 17.2 Å². The second-order valence-corrected chi connectivity index (χ2v) is 3.99. The zero-order valence-electron chi connectivity index (χ0n) is 10.4. The maximum absolute atomic E-state index is 11.7. The van der Waals surface area contributed by atoms with Crippen LogP contribution < -0.4 is 5.43 Å². The lowest BCUT2D eigenvalue weighted by molar-refractivity contribution is 0.404. The number of hydrogen-bond acceptors (Lipinski definition) is 5. The molecule has 0 unspecified atom stereocenters. The monoisotopic (exact) mass is 272 g/mol. The summed E-state index contributed by atoms with van der Waals surface area (Å²) in [7, 11) is 0. The minimum atomic E-state index is -0.386. The molecule has 3 N–H and O–H groups in total. The van der Waals surface area contributed by atoms with Crippen molar-refractivity contribution in [1.82, 2.24) is 0 Å². The van der Waals surface area contributed by atoms with Gasteiger partial charge in [-0.25, -0.2) is 0 Å². The molecule has 2 rings (SSSR count). The van der Waals surface area contributed by atoms with Gasteiger partial charge in [0.25, 0.3) is 0 Å². The molecule has 1 aromatic carbocycles. The highest BCUT2D eigenvalue weighted by Crippen LogP contribution is 2.29. The summed E-state index contributed by atoms with van der Waals surface area (Å²) >= 11 is 0. The molecule has 0 atom stereocenters. The van der Waals surface area contributed by atoms with Gasteiger partial charge in [0, 0.05) is 11.6 Å². The van der Waals surface area contributed by atoms with Crippen LogP contribution >= 0.6 is 0 Å². The van der Waals surface area contributed by atoms with Gasteiger partial charge in [0.1, 0.15) is 11.5 Å². The lowest BCUT2D eigenvalue weighted by Crippen LogP contribution is -1.92. The number of aromatic hydroxyl groups is 3. The first-order chi connectivity index (χ1) is 9.56. The Labute approximate surface area is 114 Å². The van der Waals surface area contributed by atoms with Gasteiger partial charge >= 0.3 is 0 Å². The predicted octanol–water partition coefficient (Wildman–Crippen LogP) is 2.55. The second-order valence-electron chi connectivity index (χ2n) is 3.99. The van der Waals surface area contributed by atoms with Gasteiger partial charge in [-0.2, -0.15) is 0 Å². The van der Waals surface area contributed by atoms with Crippen LogP contribution in [-0.2, 0) is 0 Å². The fourth-order valence-electron chi connectivity index (χ4n) is 1.51. The van der Waals surface area contributed by atoms with Gasteiger partial charge in [0.2, 0.25) is 0 Å². The molecule has 1 aromatic heterocycles. The number of benzene rings is 1. The zero-order valence-corrected chi connectivity index (χ0v) is 10.4. The normalized spacial score (nSPS) is 9.80. The van der Waals surface area contributed by atoms with E-state index in [0.717, 1.165) is 0 Å². The smallest absolute Gasteiger partial charge is 0.182 e. The van der Waals surface area contributed by atoms with Gasteiger partial charge in [-0.3, -0.25) is 4.79 Å². The first kappa shape index (κ1) is 13.5. The Kier molecular flexibility index (Phi) is 3.91. The molecule has 20 heavy (non-hydrogen) atoms. The lowest BCUT2D eigenvalue weighted by atomic mass is 10.1. The van der Waals surface area contributed by atoms with Crippen molar-refractivity contribution >= 4 is 0 Å². The maximum Gasteiger partial charge on any atom is 0.182 e. The van der Waals surface area contributed by atoms with E-state index in [1.54, 1.807) is 0 Å². The Bertz CT molecular complexity index is 732. The Hall–Kier alpha value is -2.95. The molecule has 0 aliphatic rings. The van der Waals surface area contributed by atoms with Gasteiger partial charge in [-0.1, -0.05) is 0 Å². The summed E-state index contributed by atoms with van der Waals surface area (Å²) < 4.78 is 5.30. The maximum atomic E-state index is 11.7. The third-order valence-corrected chi connectivity index (χ3v) is 2.49. The Morgan fingerprint density at radius 2 is 1.65 bits per heavy atom. The molecule has 0 spiro atoms. The number of phenols is 2. The molecule has 0 amide bonds. The minimum absolute atomic E-state index is 0.0719. The summed E-state index contributed by atoms with van der Waals surface area (Å²) in [5.74, 6) is -0.434.